The van der Waals surface area contributed by atoms with Gasteiger partial charge in [0, 0.05) is 6.61 Å². The van der Waals surface area contributed by atoms with E-state index in [0.717, 1.165) is 19.3 Å². The number of carboxylic acid groups (broad SMARTS) is 1. The summed E-state index contributed by atoms with van der Waals surface area (Å²) in [6, 6.07) is 5.46. The van der Waals surface area contributed by atoms with Gasteiger partial charge in [-0.3, -0.25) is 0 Å². The van der Waals surface area contributed by atoms with Gasteiger partial charge in [0.05, 0.1) is 21.3 Å². The minimum atomic E-state index is -3.42. The second kappa shape index (κ2) is 5.10. The molecule has 1 aromatic carbocycles. The van der Waals surface area contributed by atoms with Gasteiger partial charge >= 0.3 is 5.97 Å². The summed E-state index contributed by atoms with van der Waals surface area (Å²) in [4.78, 5) is 11.0. The highest BCUT2D eigenvalue weighted by atomic mass is 32.2. The Kier molecular flexibility index (Phi) is 3.53. The van der Waals surface area contributed by atoms with Crippen LogP contribution in [0.5, 0.6) is 0 Å². The first kappa shape index (κ1) is 14.5. The smallest absolute Gasteiger partial charge is 0.335 e. The highest BCUT2D eigenvalue weighted by Gasteiger charge is 2.46. The van der Waals surface area contributed by atoms with Crippen LogP contribution in [0, 0.1) is 0 Å². The number of aromatic carboxylic acids is 1. The molecule has 2 aliphatic rings. The van der Waals surface area contributed by atoms with Crippen LogP contribution in [-0.2, 0) is 14.6 Å². The third-order valence-corrected chi connectivity index (χ3v) is 6.79. The van der Waals surface area contributed by atoms with Crippen molar-refractivity contribution in [3.8, 4) is 0 Å². The molecule has 0 amide bonds. The van der Waals surface area contributed by atoms with E-state index in [4.69, 9.17) is 9.84 Å². The summed E-state index contributed by atoms with van der Waals surface area (Å²) < 4.78 is 31.2. The van der Waals surface area contributed by atoms with E-state index in [1.807, 2.05) is 0 Å². The van der Waals surface area contributed by atoms with Crippen molar-refractivity contribution in [1.82, 2.24) is 0 Å². The molecule has 0 bridgehead atoms. The summed E-state index contributed by atoms with van der Waals surface area (Å²) in [5.74, 6) is -1.06. The molecular formula is C15H18O5S. The van der Waals surface area contributed by atoms with Crippen molar-refractivity contribution in [3.63, 3.8) is 0 Å². The Balaban J connectivity index is 1.84. The van der Waals surface area contributed by atoms with Gasteiger partial charge in [0.2, 0.25) is 0 Å². The Bertz CT molecular complexity index is 643. The van der Waals surface area contributed by atoms with E-state index < -0.39 is 21.1 Å². The Morgan fingerprint density at radius 1 is 1.24 bits per heavy atom. The number of benzene rings is 1. The number of hydrogen-bond donors (Lipinski definition) is 1. The van der Waals surface area contributed by atoms with Crippen LogP contribution in [0.4, 0.5) is 0 Å². The van der Waals surface area contributed by atoms with Gasteiger partial charge in [-0.2, -0.15) is 0 Å². The van der Waals surface area contributed by atoms with E-state index in [1.165, 1.54) is 24.3 Å². The molecule has 3 rings (SSSR count). The fraction of sp³-hybridized carbons (Fsp3) is 0.533. The van der Waals surface area contributed by atoms with E-state index in [0.29, 0.717) is 19.4 Å². The summed E-state index contributed by atoms with van der Waals surface area (Å²) in [6.07, 6.45) is 4.04. The summed E-state index contributed by atoms with van der Waals surface area (Å²) in [5.41, 5.74) is -0.131. The number of rotatable bonds is 3. The minimum absolute atomic E-state index is 0.0939. The molecule has 1 aromatic rings. The fourth-order valence-corrected chi connectivity index (χ4v) is 4.98. The molecule has 114 valence electrons. The lowest BCUT2D eigenvalue weighted by atomic mass is 9.75. The Morgan fingerprint density at radius 3 is 2.43 bits per heavy atom. The SMILES string of the molecule is O=C(O)c1ccc(S(=O)(=O)C2CCOC3(CCC3)C2)cc1. The first-order valence-electron chi connectivity index (χ1n) is 7.14. The average molecular weight is 310 g/mol. The molecule has 0 aromatic heterocycles. The van der Waals surface area contributed by atoms with Crippen molar-refractivity contribution in [2.45, 2.75) is 47.9 Å². The molecule has 1 unspecified atom stereocenters. The van der Waals surface area contributed by atoms with Crippen molar-refractivity contribution in [2.24, 2.45) is 0 Å². The van der Waals surface area contributed by atoms with Crippen LogP contribution in [0.2, 0.25) is 0 Å². The van der Waals surface area contributed by atoms with Crippen molar-refractivity contribution >= 4 is 15.8 Å². The Labute approximate surface area is 123 Å². The van der Waals surface area contributed by atoms with E-state index in [9.17, 15) is 13.2 Å². The lowest BCUT2D eigenvalue weighted by Gasteiger charge is -2.46. The molecule has 1 heterocycles. The van der Waals surface area contributed by atoms with Gasteiger partial charge < -0.3 is 9.84 Å². The maximum Gasteiger partial charge on any atom is 0.335 e. The molecule has 1 aliphatic heterocycles. The zero-order valence-electron chi connectivity index (χ0n) is 11.6. The zero-order valence-corrected chi connectivity index (χ0v) is 12.4. The molecule has 1 saturated carbocycles. The maximum absolute atomic E-state index is 12.7. The van der Waals surface area contributed by atoms with Crippen LogP contribution < -0.4 is 0 Å². The normalized spacial score (nSPS) is 24.5. The molecule has 5 nitrogen and oxygen atoms in total. The lowest BCUT2D eigenvalue weighted by molar-refractivity contribution is -0.125. The van der Waals surface area contributed by atoms with E-state index in [2.05, 4.69) is 0 Å². The molecule has 2 fully saturated rings. The summed E-state index contributed by atoms with van der Waals surface area (Å²) in [6.45, 7) is 0.483. The second-order valence-corrected chi connectivity index (χ2v) is 8.10. The predicted molar refractivity (Wildman–Crippen MR) is 76.1 cm³/mol. The molecule has 1 atom stereocenters. The van der Waals surface area contributed by atoms with Gasteiger partial charge in [0.25, 0.3) is 0 Å². The van der Waals surface area contributed by atoms with Gasteiger partial charge in [-0.25, -0.2) is 13.2 Å². The van der Waals surface area contributed by atoms with Gasteiger partial charge in [0.15, 0.2) is 9.84 Å². The second-order valence-electron chi connectivity index (χ2n) is 5.87. The van der Waals surface area contributed by atoms with Gasteiger partial charge in [-0.05, 0) is 56.4 Å². The average Bonchev–Trinajstić information content (AvgIpc) is 2.46. The molecule has 6 heteroatoms. The van der Waals surface area contributed by atoms with Crippen molar-refractivity contribution in [3.05, 3.63) is 29.8 Å². The van der Waals surface area contributed by atoms with E-state index >= 15 is 0 Å². The van der Waals surface area contributed by atoms with Crippen molar-refractivity contribution in [1.29, 1.82) is 0 Å². The maximum atomic E-state index is 12.7. The molecular weight excluding hydrogens is 292 g/mol. The van der Waals surface area contributed by atoms with Gasteiger partial charge in [-0.15, -0.1) is 0 Å². The van der Waals surface area contributed by atoms with Gasteiger partial charge in [0.1, 0.15) is 0 Å². The van der Waals surface area contributed by atoms with Crippen LogP contribution in [-0.4, -0.2) is 37.0 Å². The van der Waals surface area contributed by atoms with Crippen LogP contribution in [0.15, 0.2) is 29.2 Å². The molecule has 0 radical (unpaired) electrons. The molecule has 1 N–H and O–H groups in total. The number of hydrogen-bond acceptors (Lipinski definition) is 4. The first-order chi connectivity index (χ1) is 9.93. The van der Waals surface area contributed by atoms with Crippen LogP contribution in [0.25, 0.3) is 0 Å². The number of sulfone groups is 1. The summed E-state index contributed by atoms with van der Waals surface area (Å²) in [5, 5.41) is 8.44. The monoisotopic (exact) mass is 310 g/mol. The molecule has 1 saturated heterocycles. The van der Waals surface area contributed by atoms with Crippen molar-refractivity contribution < 1.29 is 23.1 Å². The van der Waals surface area contributed by atoms with Crippen LogP contribution in [0.1, 0.15) is 42.5 Å². The number of carboxylic acids is 1. The topological polar surface area (TPSA) is 80.7 Å². The standard InChI is InChI=1S/C15H18O5S/c16-14(17)11-2-4-12(5-3-11)21(18,19)13-6-9-20-15(10-13)7-1-8-15/h2-5,13H,1,6-10H2,(H,16,17). The third-order valence-electron chi connectivity index (χ3n) is 4.58. The number of ether oxygens (including phenoxy) is 1. The summed E-state index contributed by atoms with van der Waals surface area (Å²) in [7, 11) is -3.42. The summed E-state index contributed by atoms with van der Waals surface area (Å²) >= 11 is 0. The van der Waals surface area contributed by atoms with Crippen LogP contribution >= 0.6 is 0 Å². The largest absolute Gasteiger partial charge is 0.478 e. The number of carbonyl (C=O) groups is 1. The fourth-order valence-electron chi connectivity index (χ4n) is 3.15. The van der Waals surface area contributed by atoms with E-state index in [1.54, 1.807) is 0 Å². The highest BCUT2D eigenvalue weighted by molar-refractivity contribution is 7.92. The molecule has 1 aliphatic carbocycles. The minimum Gasteiger partial charge on any atom is -0.478 e. The van der Waals surface area contributed by atoms with Gasteiger partial charge in [-0.1, -0.05) is 0 Å². The lowest BCUT2D eigenvalue weighted by Crippen LogP contribution is -2.49. The highest BCUT2D eigenvalue weighted by Crippen LogP contribution is 2.44. The first-order valence-corrected chi connectivity index (χ1v) is 8.69. The Morgan fingerprint density at radius 2 is 1.90 bits per heavy atom. The third kappa shape index (κ3) is 2.58. The zero-order chi connectivity index (χ0) is 15.1. The molecule has 21 heavy (non-hydrogen) atoms. The van der Waals surface area contributed by atoms with Crippen LogP contribution in [0.3, 0.4) is 0 Å². The molecule has 1 spiro atoms. The Hall–Kier alpha value is -1.40. The van der Waals surface area contributed by atoms with Crippen molar-refractivity contribution in [2.75, 3.05) is 6.61 Å². The van der Waals surface area contributed by atoms with E-state index in [-0.39, 0.29) is 16.1 Å². The predicted octanol–water partition coefficient (Wildman–Crippen LogP) is 2.26. The quantitative estimate of drug-likeness (QED) is 0.926.